The number of methoxy groups -OCH3 is 2. The van der Waals surface area contributed by atoms with E-state index in [1.165, 1.54) is 19.4 Å². The molecule has 0 bridgehead atoms. The van der Waals surface area contributed by atoms with Crippen molar-refractivity contribution in [1.82, 2.24) is 14.8 Å². The van der Waals surface area contributed by atoms with Crippen molar-refractivity contribution in [2.24, 2.45) is 0 Å². The molecule has 3 aromatic rings. The summed E-state index contributed by atoms with van der Waals surface area (Å²) in [5.74, 6) is -0.203. The van der Waals surface area contributed by atoms with Crippen LogP contribution in [0.25, 0.3) is 11.3 Å². The van der Waals surface area contributed by atoms with E-state index in [4.69, 9.17) is 13.9 Å². The molecule has 1 saturated heterocycles. The summed E-state index contributed by atoms with van der Waals surface area (Å²) in [6.45, 7) is 1.60. The third-order valence-corrected chi connectivity index (χ3v) is 5.86. The zero-order valence-electron chi connectivity index (χ0n) is 19.4. The maximum Gasteiger partial charge on any atom is 0.257 e. The van der Waals surface area contributed by atoms with Gasteiger partial charge in [0.05, 0.1) is 31.5 Å². The summed E-state index contributed by atoms with van der Waals surface area (Å²) in [5.41, 5.74) is 0.538. The van der Waals surface area contributed by atoms with Crippen molar-refractivity contribution in [1.29, 1.82) is 0 Å². The molecule has 2 heterocycles. The number of rotatable bonds is 7. The summed E-state index contributed by atoms with van der Waals surface area (Å²) in [5, 5.41) is 0. The molecule has 0 spiro atoms. The number of carbonyl (C=O) groups is 2. The van der Waals surface area contributed by atoms with Crippen molar-refractivity contribution in [2.45, 2.75) is 12.8 Å². The topological polar surface area (TPSA) is 85.1 Å². The Morgan fingerprint density at radius 2 is 1.74 bits per heavy atom. The molecular formula is C25H25F2N3O5. The van der Waals surface area contributed by atoms with Crippen molar-refractivity contribution in [3.05, 3.63) is 65.7 Å². The Morgan fingerprint density at radius 1 is 1.00 bits per heavy atom. The highest BCUT2D eigenvalue weighted by atomic mass is 19.1. The fourth-order valence-electron chi connectivity index (χ4n) is 3.92. The lowest BCUT2D eigenvalue weighted by Gasteiger charge is -2.35. The summed E-state index contributed by atoms with van der Waals surface area (Å²) in [4.78, 5) is 33.1. The van der Waals surface area contributed by atoms with Gasteiger partial charge in [0.25, 0.3) is 5.91 Å². The minimum atomic E-state index is -0.747. The molecule has 0 N–H and O–H groups in total. The van der Waals surface area contributed by atoms with Crippen molar-refractivity contribution >= 4 is 11.8 Å². The van der Waals surface area contributed by atoms with Gasteiger partial charge in [-0.2, -0.15) is 0 Å². The lowest BCUT2D eigenvalue weighted by atomic mass is 10.1. The fraction of sp³-hybridized carbons (Fsp3) is 0.320. The van der Waals surface area contributed by atoms with Gasteiger partial charge in [-0.05, 0) is 24.3 Å². The second-order valence-corrected chi connectivity index (χ2v) is 7.98. The number of hydrogen-bond donors (Lipinski definition) is 0. The number of ether oxygens (including phenoxy) is 2. The van der Waals surface area contributed by atoms with E-state index in [0.717, 1.165) is 12.1 Å². The first-order valence-corrected chi connectivity index (χ1v) is 11.1. The number of oxazole rings is 1. The van der Waals surface area contributed by atoms with E-state index in [0.29, 0.717) is 43.2 Å². The average molecular weight is 485 g/mol. The van der Waals surface area contributed by atoms with E-state index < -0.39 is 11.6 Å². The second kappa shape index (κ2) is 10.5. The molecule has 0 unspecified atom stereocenters. The molecule has 184 valence electrons. The molecule has 10 heteroatoms. The number of aryl methyl sites for hydroxylation is 1. The zero-order valence-corrected chi connectivity index (χ0v) is 19.4. The van der Waals surface area contributed by atoms with Crippen molar-refractivity contribution in [3.8, 4) is 22.8 Å². The molecule has 2 amide bonds. The summed E-state index contributed by atoms with van der Waals surface area (Å²) >= 11 is 0. The first-order valence-electron chi connectivity index (χ1n) is 11.1. The van der Waals surface area contributed by atoms with Crippen LogP contribution in [0.4, 0.5) is 8.78 Å². The van der Waals surface area contributed by atoms with E-state index in [9.17, 15) is 18.4 Å². The van der Waals surface area contributed by atoms with Gasteiger partial charge in [-0.3, -0.25) is 9.59 Å². The van der Waals surface area contributed by atoms with E-state index >= 15 is 0 Å². The first-order chi connectivity index (χ1) is 16.9. The highest BCUT2D eigenvalue weighted by Crippen LogP contribution is 2.27. The molecule has 0 radical (unpaired) electrons. The second-order valence-electron chi connectivity index (χ2n) is 7.98. The van der Waals surface area contributed by atoms with Gasteiger partial charge in [0, 0.05) is 51.2 Å². The molecule has 0 atom stereocenters. The maximum atomic E-state index is 13.9. The standard InChI is InChI=1S/C25H25F2N3O5/c1-33-17-4-6-19(21(14-17)34-2)25(32)30-11-9-29(10-12-30)24(31)8-7-23-28-15-22(35-23)18-5-3-16(26)13-20(18)27/h3-6,13-15H,7-12H2,1-2H3. The highest BCUT2D eigenvalue weighted by molar-refractivity contribution is 5.97. The van der Waals surface area contributed by atoms with Gasteiger partial charge >= 0.3 is 0 Å². The maximum absolute atomic E-state index is 13.9. The molecule has 1 fully saturated rings. The van der Waals surface area contributed by atoms with E-state index in [1.807, 2.05) is 0 Å². The van der Waals surface area contributed by atoms with Gasteiger partial charge in [-0.25, -0.2) is 13.8 Å². The first kappa shape index (κ1) is 24.2. The Morgan fingerprint density at radius 3 is 2.43 bits per heavy atom. The fourth-order valence-corrected chi connectivity index (χ4v) is 3.92. The monoisotopic (exact) mass is 485 g/mol. The van der Waals surface area contributed by atoms with Gasteiger partial charge in [0.15, 0.2) is 11.7 Å². The normalized spacial score (nSPS) is 13.6. The van der Waals surface area contributed by atoms with Crippen molar-refractivity contribution < 1.29 is 32.3 Å². The van der Waals surface area contributed by atoms with Crippen LogP contribution in [0.15, 0.2) is 47.0 Å². The van der Waals surface area contributed by atoms with Crippen molar-refractivity contribution in [2.75, 3.05) is 40.4 Å². The molecule has 8 nitrogen and oxygen atoms in total. The number of aromatic nitrogens is 1. The van der Waals surface area contributed by atoms with Gasteiger partial charge in [-0.1, -0.05) is 0 Å². The SMILES string of the molecule is COc1ccc(C(=O)N2CCN(C(=O)CCc3ncc(-c4ccc(F)cc4F)o3)CC2)c(OC)c1. The number of nitrogens with zero attached hydrogens (tertiary/aromatic N) is 3. The predicted octanol–water partition coefficient (Wildman–Crippen LogP) is 3.55. The number of amides is 2. The molecule has 1 aromatic heterocycles. The van der Waals surface area contributed by atoms with E-state index in [-0.39, 0.29) is 41.9 Å². The Bertz CT molecular complexity index is 1220. The molecule has 0 saturated carbocycles. The van der Waals surface area contributed by atoms with Crippen LogP contribution < -0.4 is 9.47 Å². The molecule has 1 aliphatic heterocycles. The van der Waals surface area contributed by atoms with Crippen molar-refractivity contribution in [3.63, 3.8) is 0 Å². The lowest BCUT2D eigenvalue weighted by molar-refractivity contribution is -0.132. The van der Waals surface area contributed by atoms with Crippen LogP contribution in [0.1, 0.15) is 22.7 Å². The molecule has 2 aromatic carbocycles. The summed E-state index contributed by atoms with van der Waals surface area (Å²) in [6.07, 6.45) is 1.75. The average Bonchev–Trinajstić information content (AvgIpc) is 3.35. The summed E-state index contributed by atoms with van der Waals surface area (Å²) in [6, 6.07) is 8.22. The minimum Gasteiger partial charge on any atom is -0.497 e. The molecule has 0 aliphatic carbocycles. The highest BCUT2D eigenvalue weighted by Gasteiger charge is 2.27. The van der Waals surface area contributed by atoms with Crippen LogP contribution in [0, 0.1) is 11.6 Å². The van der Waals surface area contributed by atoms with Gasteiger partial charge in [0.2, 0.25) is 5.91 Å². The lowest BCUT2D eigenvalue weighted by Crippen LogP contribution is -2.50. The van der Waals surface area contributed by atoms with Crippen LogP contribution in [0.3, 0.4) is 0 Å². The van der Waals surface area contributed by atoms with Crippen LogP contribution in [-0.2, 0) is 11.2 Å². The molecular weight excluding hydrogens is 460 g/mol. The third kappa shape index (κ3) is 5.42. The number of piperazine rings is 1. The molecule has 35 heavy (non-hydrogen) atoms. The van der Waals surface area contributed by atoms with Crippen LogP contribution >= 0.6 is 0 Å². The Balaban J connectivity index is 1.30. The summed E-state index contributed by atoms with van der Waals surface area (Å²) in [7, 11) is 3.04. The smallest absolute Gasteiger partial charge is 0.257 e. The number of carbonyl (C=O) groups excluding carboxylic acids is 2. The van der Waals surface area contributed by atoms with Gasteiger partial charge in [0.1, 0.15) is 23.1 Å². The van der Waals surface area contributed by atoms with Gasteiger partial charge in [-0.15, -0.1) is 0 Å². The molecule has 1 aliphatic rings. The Hall–Kier alpha value is -3.95. The van der Waals surface area contributed by atoms with Crippen LogP contribution in [-0.4, -0.2) is 67.0 Å². The van der Waals surface area contributed by atoms with Crippen LogP contribution in [0.5, 0.6) is 11.5 Å². The quantitative estimate of drug-likeness (QED) is 0.509. The molecule has 4 rings (SSSR count). The summed E-state index contributed by atoms with van der Waals surface area (Å²) < 4.78 is 43.1. The zero-order chi connectivity index (χ0) is 24.9. The Kier molecular flexibility index (Phi) is 7.28. The van der Waals surface area contributed by atoms with E-state index in [2.05, 4.69) is 4.98 Å². The van der Waals surface area contributed by atoms with E-state index in [1.54, 1.807) is 35.1 Å². The number of hydrogen-bond acceptors (Lipinski definition) is 6. The number of benzene rings is 2. The predicted molar refractivity (Wildman–Crippen MR) is 122 cm³/mol. The van der Waals surface area contributed by atoms with Gasteiger partial charge < -0.3 is 23.7 Å². The van der Waals surface area contributed by atoms with Crippen LogP contribution in [0.2, 0.25) is 0 Å². The minimum absolute atomic E-state index is 0.0909. The number of halogens is 2. The Labute approximate surface area is 201 Å². The third-order valence-electron chi connectivity index (χ3n) is 5.86. The largest absolute Gasteiger partial charge is 0.497 e.